The average molecular weight is 643 g/mol. The number of para-hydroxylation sites is 1. The zero-order valence-corrected chi connectivity index (χ0v) is 27.1. The molecule has 11 aromatic rings. The molecule has 228 valence electrons. The molecule has 8 aromatic carbocycles. The van der Waals surface area contributed by atoms with Crippen LogP contribution in [0.3, 0.4) is 0 Å². The Kier molecular flexibility index (Phi) is 5.57. The average Bonchev–Trinajstić information content (AvgIpc) is 3.88. The monoisotopic (exact) mass is 642 g/mol. The van der Waals surface area contributed by atoms with Crippen LogP contribution in [0.1, 0.15) is 0 Å². The van der Waals surface area contributed by atoms with Crippen LogP contribution < -0.4 is 0 Å². The van der Waals surface area contributed by atoms with Crippen molar-refractivity contribution in [1.29, 1.82) is 0 Å². The molecule has 11 rings (SSSR count). The van der Waals surface area contributed by atoms with Crippen LogP contribution in [-0.4, -0.2) is 0 Å². The molecule has 0 saturated carbocycles. The molecule has 3 heteroatoms. The minimum absolute atomic E-state index is 0.822. The maximum Gasteiger partial charge on any atom is 0.147 e. The summed E-state index contributed by atoms with van der Waals surface area (Å²) in [4.78, 5) is 0. The fourth-order valence-electron chi connectivity index (χ4n) is 8.10. The van der Waals surface area contributed by atoms with Crippen molar-refractivity contribution < 1.29 is 8.83 Å². The lowest BCUT2D eigenvalue weighted by molar-refractivity contribution is 0.616. The molecule has 0 bridgehead atoms. The van der Waals surface area contributed by atoms with Crippen LogP contribution in [0.4, 0.5) is 0 Å². The van der Waals surface area contributed by atoms with Crippen LogP contribution in [-0.2, 0) is 0 Å². The molecule has 0 aliphatic heterocycles. The summed E-state index contributed by atoms with van der Waals surface area (Å²) in [5.41, 5.74) is 9.53. The van der Waals surface area contributed by atoms with Gasteiger partial charge in [0.05, 0.1) is 11.6 Å². The van der Waals surface area contributed by atoms with Gasteiger partial charge in [-0.25, -0.2) is 0 Å². The molecule has 0 atom stereocenters. The van der Waals surface area contributed by atoms with Crippen LogP contribution in [0.25, 0.3) is 108 Å². The first kappa shape index (κ1) is 26.9. The molecule has 3 heterocycles. The zero-order valence-electron chi connectivity index (χ0n) is 26.2. The third-order valence-corrected chi connectivity index (χ3v) is 11.3. The Morgan fingerprint density at radius 1 is 0.367 bits per heavy atom. The summed E-state index contributed by atoms with van der Waals surface area (Å²) in [6.07, 6.45) is 1.85. The molecule has 0 aliphatic rings. The number of furan rings is 2. The highest BCUT2D eigenvalue weighted by molar-refractivity contribution is 7.25. The van der Waals surface area contributed by atoms with E-state index in [0.717, 1.165) is 49.6 Å². The molecule has 2 nitrogen and oxygen atoms in total. The van der Waals surface area contributed by atoms with Crippen LogP contribution in [0, 0.1) is 0 Å². The summed E-state index contributed by atoms with van der Waals surface area (Å²) in [6.45, 7) is 0. The SMILES string of the molecule is c1ccc(-c2coc3ccc4c5cccc(-c6c7ccccc7c(-c7cccc8sc9ccccc9c78)c7ccccc67)c5oc4c23)cc1. The van der Waals surface area contributed by atoms with Crippen molar-refractivity contribution in [2.45, 2.75) is 0 Å². The highest BCUT2D eigenvalue weighted by Gasteiger charge is 2.23. The van der Waals surface area contributed by atoms with Gasteiger partial charge in [-0.2, -0.15) is 0 Å². The second-order valence-electron chi connectivity index (χ2n) is 12.7. The number of rotatable bonds is 3. The van der Waals surface area contributed by atoms with Crippen LogP contribution >= 0.6 is 11.3 Å². The molecular weight excluding hydrogens is 617 g/mol. The van der Waals surface area contributed by atoms with Gasteiger partial charge in [-0.1, -0.05) is 127 Å². The summed E-state index contributed by atoms with van der Waals surface area (Å²) in [5.74, 6) is 0. The first-order valence-electron chi connectivity index (χ1n) is 16.6. The highest BCUT2D eigenvalue weighted by Crippen LogP contribution is 2.50. The minimum atomic E-state index is 0.822. The van der Waals surface area contributed by atoms with Crippen LogP contribution in [0.5, 0.6) is 0 Å². The Balaban J connectivity index is 1.26. The number of benzene rings is 8. The zero-order chi connectivity index (χ0) is 32.1. The molecule has 0 spiro atoms. The van der Waals surface area contributed by atoms with Gasteiger partial charge in [-0.3, -0.25) is 0 Å². The van der Waals surface area contributed by atoms with Crippen LogP contribution in [0.2, 0.25) is 0 Å². The number of hydrogen-bond donors (Lipinski definition) is 0. The first-order chi connectivity index (χ1) is 24.3. The Labute approximate surface area is 285 Å². The normalized spacial score (nSPS) is 12.1. The standard InChI is InChI=1S/C46H26O2S/c1-2-12-27(13-3-1)37-26-47-38-25-24-33-32-19-10-21-36(45(32)48-46(33)44(37)38)42-30-16-6-4-14-28(30)41(29-15-5-7-17-31(29)42)35-20-11-23-40-43(35)34-18-8-9-22-39(34)49-40/h1-26H. The molecule has 0 radical (unpaired) electrons. The lowest BCUT2D eigenvalue weighted by atomic mass is 9.84. The van der Waals surface area contributed by atoms with Crippen molar-refractivity contribution in [2.75, 3.05) is 0 Å². The highest BCUT2D eigenvalue weighted by atomic mass is 32.1. The maximum absolute atomic E-state index is 7.02. The van der Waals surface area contributed by atoms with E-state index in [-0.39, 0.29) is 0 Å². The lowest BCUT2D eigenvalue weighted by Gasteiger charge is -2.18. The van der Waals surface area contributed by atoms with E-state index in [1.165, 1.54) is 58.4 Å². The van der Waals surface area contributed by atoms with Gasteiger partial charge in [0.1, 0.15) is 16.7 Å². The summed E-state index contributed by atoms with van der Waals surface area (Å²) in [7, 11) is 0. The van der Waals surface area contributed by atoms with E-state index in [1.54, 1.807) is 0 Å². The van der Waals surface area contributed by atoms with E-state index < -0.39 is 0 Å². The molecule has 0 amide bonds. The van der Waals surface area contributed by atoms with E-state index in [2.05, 4.69) is 146 Å². The van der Waals surface area contributed by atoms with Crippen LogP contribution in [0.15, 0.2) is 167 Å². The fraction of sp³-hybridized carbons (Fsp3) is 0. The van der Waals surface area contributed by atoms with E-state index in [1.807, 2.05) is 23.7 Å². The van der Waals surface area contributed by atoms with Gasteiger partial charge in [-0.15, -0.1) is 11.3 Å². The van der Waals surface area contributed by atoms with Gasteiger partial charge in [0.15, 0.2) is 0 Å². The quantitative estimate of drug-likeness (QED) is 0.179. The summed E-state index contributed by atoms with van der Waals surface area (Å²) >= 11 is 1.87. The van der Waals surface area contributed by atoms with Gasteiger partial charge in [-0.05, 0) is 62.5 Å². The topological polar surface area (TPSA) is 26.3 Å². The molecule has 0 unspecified atom stereocenters. The van der Waals surface area contributed by atoms with Gasteiger partial charge < -0.3 is 8.83 Å². The van der Waals surface area contributed by atoms with Crippen molar-refractivity contribution in [3.05, 3.63) is 158 Å². The van der Waals surface area contributed by atoms with Gasteiger partial charge in [0.2, 0.25) is 0 Å². The Hall–Kier alpha value is -6.16. The van der Waals surface area contributed by atoms with Gasteiger partial charge in [0.25, 0.3) is 0 Å². The second-order valence-corrected chi connectivity index (χ2v) is 13.8. The van der Waals surface area contributed by atoms with E-state index >= 15 is 0 Å². The predicted octanol–water partition coefficient (Wildman–Crippen LogP) is 14.0. The van der Waals surface area contributed by atoms with Crippen molar-refractivity contribution in [3.8, 4) is 33.4 Å². The molecule has 3 aromatic heterocycles. The Morgan fingerprint density at radius 3 is 1.69 bits per heavy atom. The summed E-state index contributed by atoms with van der Waals surface area (Å²) < 4.78 is 15.7. The Morgan fingerprint density at radius 2 is 0.939 bits per heavy atom. The van der Waals surface area contributed by atoms with Gasteiger partial charge >= 0.3 is 0 Å². The molecular formula is C46H26O2S. The fourth-order valence-corrected chi connectivity index (χ4v) is 9.23. The van der Waals surface area contributed by atoms with Crippen molar-refractivity contribution in [3.63, 3.8) is 0 Å². The molecule has 49 heavy (non-hydrogen) atoms. The third-order valence-electron chi connectivity index (χ3n) is 10.2. The summed E-state index contributed by atoms with van der Waals surface area (Å²) in [6, 6.07) is 54.5. The van der Waals surface area contributed by atoms with E-state index in [9.17, 15) is 0 Å². The van der Waals surface area contributed by atoms with Crippen molar-refractivity contribution in [1.82, 2.24) is 0 Å². The van der Waals surface area contributed by atoms with Gasteiger partial charge in [0, 0.05) is 47.6 Å². The molecule has 0 aliphatic carbocycles. The van der Waals surface area contributed by atoms with Crippen molar-refractivity contribution in [2.24, 2.45) is 0 Å². The largest absolute Gasteiger partial charge is 0.464 e. The first-order valence-corrected chi connectivity index (χ1v) is 17.4. The second kappa shape index (κ2) is 10.2. The van der Waals surface area contributed by atoms with E-state index in [4.69, 9.17) is 8.83 Å². The Bertz CT molecular complexity index is 3050. The minimum Gasteiger partial charge on any atom is -0.464 e. The molecule has 0 fully saturated rings. The number of thiophene rings is 1. The van der Waals surface area contributed by atoms with E-state index in [0.29, 0.717) is 0 Å². The predicted molar refractivity (Wildman–Crippen MR) is 208 cm³/mol. The summed E-state index contributed by atoms with van der Waals surface area (Å²) in [5, 5.41) is 10.7. The van der Waals surface area contributed by atoms with Crippen molar-refractivity contribution >= 4 is 86.0 Å². The smallest absolute Gasteiger partial charge is 0.147 e. The maximum atomic E-state index is 7.02. The molecule has 0 N–H and O–H groups in total. The third kappa shape index (κ3) is 3.76. The number of fused-ring (bicyclic) bond motifs is 10. The number of hydrogen-bond acceptors (Lipinski definition) is 3. The lowest BCUT2D eigenvalue weighted by Crippen LogP contribution is -1.91. The molecule has 0 saturated heterocycles.